The van der Waals surface area contributed by atoms with Crippen molar-refractivity contribution in [1.82, 2.24) is 10.2 Å². The number of likely N-dealkylation sites (N-methyl/N-ethyl adjacent to an activating group) is 2. The summed E-state index contributed by atoms with van der Waals surface area (Å²) in [4.78, 5) is 2.53. The van der Waals surface area contributed by atoms with E-state index < -0.39 is 0 Å². The summed E-state index contributed by atoms with van der Waals surface area (Å²) in [5.41, 5.74) is 2.87. The molecule has 2 atom stereocenters. The van der Waals surface area contributed by atoms with Crippen LogP contribution in [0.4, 0.5) is 0 Å². The van der Waals surface area contributed by atoms with Gasteiger partial charge in [0, 0.05) is 18.6 Å². The van der Waals surface area contributed by atoms with E-state index in [4.69, 9.17) is 0 Å². The van der Waals surface area contributed by atoms with E-state index in [0.717, 1.165) is 13.1 Å². The molecule has 2 unspecified atom stereocenters. The fourth-order valence-electron chi connectivity index (χ4n) is 3.14. The predicted molar refractivity (Wildman–Crippen MR) is 77.7 cm³/mol. The van der Waals surface area contributed by atoms with Crippen LogP contribution < -0.4 is 5.32 Å². The van der Waals surface area contributed by atoms with Crippen molar-refractivity contribution in [3.05, 3.63) is 35.4 Å². The van der Waals surface area contributed by atoms with Crippen LogP contribution in [0.3, 0.4) is 0 Å². The van der Waals surface area contributed by atoms with Crippen molar-refractivity contribution in [2.45, 2.75) is 51.7 Å². The number of nitrogens with one attached hydrogen (secondary N) is 1. The predicted octanol–water partition coefficient (Wildman–Crippen LogP) is 2.96. The number of benzene rings is 1. The van der Waals surface area contributed by atoms with Gasteiger partial charge in [-0.15, -0.1) is 0 Å². The maximum Gasteiger partial charge on any atom is 0.0249 e. The van der Waals surface area contributed by atoms with Crippen molar-refractivity contribution in [3.63, 3.8) is 0 Å². The first kappa shape index (κ1) is 13.6. The molecule has 0 aliphatic heterocycles. The minimum atomic E-state index is 0.684. The zero-order chi connectivity index (χ0) is 13.0. The Labute approximate surface area is 111 Å². The van der Waals surface area contributed by atoms with Gasteiger partial charge in [0.05, 0.1) is 0 Å². The van der Waals surface area contributed by atoms with Crippen LogP contribution in [0.5, 0.6) is 0 Å². The zero-order valence-electron chi connectivity index (χ0n) is 11.9. The number of rotatable bonds is 5. The maximum absolute atomic E-state index is 3.63. The standard InChI is InChI=1S/C16H26N2/c1-4-17-15-10-7-11-16(15)18(3)12-14-9-6-5-8-13(14)2/h5-6,8-9,15-17H,4,7,10-12H2,1-3H3. The first-order valence-corrected chi connectivity index (χ1v) is 7.20. The average Bonchev–Trinajstić information content (AvgIpc) is 2.81. The van der Waals surface area contributed by atoms with Crippen LogP contribution in [0, 0.1) is 6.92 Å². The van der Waals surface area contributed by atoms with E-state index in [9.17, 15) is 0 Å². The summed E-state index contributed by atoms with van der Waals surface area (Å²) in [6.07, 6.45) is 4.02. The van der Waals surface area contributed by atoms with E-state index in [1.807, 2.05) is 0 Å². The van der Waals surface area contributed by atoms with Crippen LogP contribution in [-0.4, -0.2) is 30.6 Å². The monoisotopic (exact) mass is 246 g/mol. The van der Waals surface area contributed by atoms with Crippen molar-refractivity contribution in [2.24, 2.45) is 0 Å². The van der Waals surface area contributed by atoms with Gasteiger partial charge in [-0.05, 0) is 44.5 Å². The molecule has 1 saturated carbocycles. The van der Waals surface area contributed by atoms with E-state index in [0.29, 0.717) is 12.1 Å². The third-order valence-corrected chi connectivity index (χ3v) is 4.19. The molecule has 1 aliphatic carbocycles. The molecule has 2 rings (SSSR count). The maximum atomic E-state index is 3.63. The van der Waals surface area contributed by atoms with Crippen LogP contribution in [0.25, 0.3) is 0 Å². The highest BCUT2D eigenvalue weighted by molar-refractivity contribution is 5.25. The van der Waals surface area contributed by atoms with Gasteiger partial charge < -0.3 is 5.32 Å². The van der Waals surface area contributed by atoms with E-state index in [2.05, 4.69) is 55.4 Å². The molecule has 0 aromatic heterocycles. The Morgan fingerprint density at radius 1 is 1.28 bits per heavy atom. The molecule has 18 heavy (non-hydrogen) atoms. The van der Waals surface area contributed by atoms with Gasteiger partial charge in [-0.2, -0.15) is 0 Å². The van der Waals surface area contributed by atoms with Crippen molar-refractivity contribution in [1.29, 1.82) is 0 Å². The van der Waals surface area contributed by atoms with Crippen LogP contribution in [-0.2, 0) is 6.54 Å². The quantitative estimate of drug-likeness (QED) is 0.859. The highest BCUT2D eigenvalue weighted by atomic mass is 15.2. The minimum absolute atomic E-state index is 0.684. The Kier molecular flexibility index (Phi) is 4.79. The lowest BCUT2D eigenvalue weighted by Gasteiger charge is -2.30. The zero-order valence-corrected chi connectivity index (χ0v) is 11.9. The smallest absolute Gasteiger partial charge is 0.0249 e. The molecule has 1 aliphatic rings. The summed E-state index contributed by atoms with van der Waals surface area (Å²) in [5, 5.41) is 3.63. The Morgan fingerprint density at radius 3 is 2.78 bits per heavy atom. The van der Waals surface area contributed by atoms with Crippen LogP contribution in [0.15, 0.2) is 24.3 Å². The number of hydrogen-bond acceptors (Lipinski definition) is 2. The summed E-state index contributed by atoms with van der Waals surface area (Å²) < 4.78 is 0. The summed E-state index contributed by atoms with van der Waals surface area (Å²) in [6, 6.07) is 10.1. The Bertz CT molecular complexity index is 375. The molecule has 1 fully saturated rings. The molecule has 100 valence electrons. The van der Waals surface area contributed by atoms with E-state index in [-0.39, 0.29) is 0 Å². The topological polar surface area (TPSA) is 15.3 Å². The summed E-state index contributed by atoms with van der Waals surface area (Å²) in [5.74, 6) is 0. The first-order valence-electron chi connectivity index (χ1n) is 7.20. The lowest BCUT2D eigenvalue weighted by Crippen LogP contribution is -2.44. The van der Waals surface area contributed by atoms with Crippen LogP contribution in [0.1, 0.15) is 37.3 Å². The second kappa shape index (κ2) is 6.35. The SMILES string of the molecule is CCNC1CCCC1N(C)Cc1ccccc1C. The molecule has 0 saturated heterocycles. The van der Waals surface area contributed by atoms with Gasteiger partial charge in [-0.1, -0.05) is 37.6 Å². The van der Waals surface area contributed by atoms with Gasteiger partial charge in [-0.25, -0.2) is 0 Å². The largest absolute Gasteiger partial charge is 0.313 e. The highest BCUT2D eigenvalue weighted by Gasteiger charge is 2.29. The fourth-order valence-corrected chi connectivity index (χ4v) is 3.14. The number of nitrogens with zero attached hydrogens (tertiary/aromatic N) is 1. The summed E-state index contributed by atoms with van der Waals surface area (Å²) in [7, 11) is 2.27. The number of aryl methyl sites for hydroxylation is 1. The fraction of sp³-hybridized carbons (Fsp3) is 0.625. The van der Waals surface area contributed by atoms with E-state index >= 15 is 0 Å². The van der Waals surface area contributed by atoms with Crippen LogP contribution >= 0.6 is 0 Å². The third kappa shape index (κ3) is 3.12. The van der Waals surface area contributed by atoms with Gasteiger partial charge in [0.1, 0.15) is 0 Å². The van der Waals surface area contributed by atoms with Gasteiger partial charge >= 0.3 is 0 Å². The molecule has 0 bridgehead atoms. The first-order chi connectivity index (χ1) is 8.72. The lowest BCUT2D eigenvalue weighted by molar-refractivity contribution is 0.204. The van der Waals surface area contributed by atoms with Gasteiger partial charge in [0.2, 0.25) is 0 Å². The normalized spacial score (nSPS) is 23.8. The average molecular weight is 246 g/mol. The molecule has 0 spiro atoms. The van der Waals surface area contributed by atoms with Crippen molar-refractivity contribution in [3.8, 4) is 0 Å². The van der Waals surface area contributed by atoms with Gasteiger partial charge in [-0.3, -0.25) is 4.90 Å². The Hall–Kier alpha value is -0.860. The molecule has 2 nitrogen and oxygen atoms in total. The number of hydrogen-bond donors (Lipinski definition) is 1. The molecule has 1 aromatic rings. The highest BCUT2D eigenvalue weighted by Crippen LogP contribution is 2.25. The van der Waals surface area contributed by atoms with E-state index in [1.54, 1.807) is 0 Å². The van der Waals surface area contributed by atoms with Crippen molar-refractivity contribution in [2.75, 3.05) is 13.6 Å². The summed E-state index contributed by atoms with van der Waals surface area (Å²) in [6.45, 7) is 6.56. The molecular weight excluding hydrogens is 220 g/mol. The molecule has 1 N–H and O–H groups in total. The lowest BCUT2D eigenvalue weighted by atomic mass is 10.1. The van der Waals surface area contributed by atoms with Gasteiger partial charge in [0.25, 0.3) is 0 Å². The molecular formula is C16H26N2. The molecule has 1 aromatic carbocycles. The Balaban J connectivity index is 1.99. The van der Waals surface area contributed by atoms with E-state index in [1.165, 1.54) is 30.4 Å². The molecule has 0 radical (unpaired) electrons. The minimum Gasteiger partial charge on any atom is -0.313 e. The molecule has 0 heterocycles. The molecule has 0 amide bonds. The second-order valence-corrected chi connectivity index (χ2v) is 5.50. The van der Waals surface area contributed by atoms with Gasteiger partial charge in [0.15, 0.2) is 0 Å². The summed E-state index contributed by atoms with van der Waals surface area (Å²) >= 11 is 0. The Morgan fingerprint density at radius 2 is 2.06 bits per heavy atom. The van der Waals surface area contributed by atoms with Crippen molar-refractivity contribution >= 4 is 0 Å². The van der Waals surface area contributed by atoms with Crippen molar-refractivity contribution < 1.29 is 0 Å². The second-order valence-electron chi connectivity index (χ2n) is 5.50. The third-order valence-electron chi connectivity index (χ3n) is 4.19. The molecule has 2 heteroatoms. The van der Waals surface area contributed by atoms with Crippen LogP contribution in [0.2, 0.25) is 0 Å².